The van der Waals surface area contributed by atoms with Gasteiger partial charge >= 0.3 is 0 Å². The maximum atomic E-state index is 11.3. The molecule has 0 aromatic heterocycles. The molecule has 1 aromatic carbocycles. The van der Waals surface area contributed by atoms with Crippen molar-refractivity contribution in [1.82, 2.24) is 0 Å². The zero-order valence-electron chi connectivity index (χ0n) is 7.23. The van der Waals surface area contributed by atoms with Crippen LogP contribution in [-0.2, 0) is 0 Å². The summed E-state index contributed by atoms with van der Waals surface area (Å²) in [7, 11) is 0. The van der Waals surface area contributed by atoms with Crippen LogP contribution in [0.1, 0.15) is 29.3 Å². The van der Waals surface area contributed by atoms with E-state index in [1.165, 1.54) is 0 Å². The van der Waals surface area contributed by atoms with Crippen molar-refractivity contribution in [1.29, 1.82) is 0 Å². The van der Waals surface area contributed by atoms with Crippen molar-refractivity contribution in [3.8, 4) is 0 Å². The zero-order valence-corrected chi connectivity index (χ0v) is 7.98. The summed E-state index contributed by atoms with van der Waals surface area (Å²) in [5.74, 6) is 0.139. The first-order valence-electron chi connectivity index (χ1n) is 3.94. The number of rotatable bonds is 2. The first kappa shape index (κ1) is 9.27. The molecule has 12 heavy (non-hydrogen) atoms. The molecular weight excluding hydrogens is 172 g/mol. The lowest BCUT2D eigenvalue weighted by Crippen LogP contribution is -1.96. The number of aryl methyl sites for hydroxylation is 1. The Morgan fingerprint density at radius 3 is 2.58 bits per heavy atom. The Bertz CT molecular complexity index is 284. The molecule has 2 heteroatoms. The predicted octanol–water partition coefficient (Wildman–Crippen LogP) is 3.24. The molecule has 0 amide bonds. The number of ketones is 1. The molecule has 0 aliphatic heterocycles. The number of halogens is 1. The molecule has 0 fully saturated rings. The lowest BCUT2D eigenvalue weighted by Gasteiger charge is -2.00. The Hall–Kier alpha value is -0.820. The molecule has 0 aliphatic rings. The summed E-state index contributed by atoms with van der Waals surface area (Å²) in [4.78, 5) is 11.3. The highest BCUT2D eigenvalue weighted by atomic mass is 35.5. The highest BCUT2D eigenvalue weighted by Gasteiger charge is 2.03. The van der Waals surface area contributed by atoms with E-state index in [1.807, 2.05) is 26.0 Å². The van der Waals surface area contributed by atoms with E-state index >= 15 is 0 Å². The second kappa shape index (κ2) is 3.72. The number of hydrogen-bond donors (Lipinski definition) is 0. The summed E-state index contributed by atoms with van der Waals surface area (Å²) in [5.41, 5.74) is 1.74. The van der Waals surface area contributed by atoms with E-state index in [-0.39, 0.29) is 5.78 Å². The molecule has 0 saturated heterocycles. The third-order valence-corrected chi connectivity index (χ3v) is 1.90. The van der Waals surface area contributed by atoms with Gasteiger partial charge in [-0.3, -0.25) is 4.79 Å². The van der Waals surface area contributed by atoms with Crippen LogP contribution >= 0.6 is 11.6 Å². The van der Waals surface area contributed by atoms with E-state index < -0.39 is 0 Å². The highest BCUT2D eigenvalue weighted by molar-refractivity contribution is 6.31. The molecule has 0 aliphatic carbocycles. The number of carbonyl (C=O) groups excluding carboxylic acids is 1. The maximum Gasteiger partial charge on any atom is 0.162 e. The van der Waals surface area contributed by atoms with Gasteiger partial charge in [-0.1, -0.05) is 18.5 Å². The Morgan fingerprint density at radius 2 is 2.08 bits per heavy atom. The van der Waals surface area contributed by atoms with Crippen LogP contribution in [0.5, 0.6) is 0 Å². The lowest BCUT2D eigenvalue weighted by atomic mass is 10.1. The molecular formula is C10H11ClO. The fourth-order valence-corrected chi connectivity index (χ4v) is 1.39. The first-order chi connectivity index (χ1) is 5.63. The van der Waals surface area contributed by atoms with Gasteiger partial charge in [0, 0.05) is 17.0 Å². The number of carbonyl (C=O) groups is 1. The summed E-state index contributed by atoms with van der Waals surface area (Å²) >= 11 is 5.80. The molecule has 0 radical (unpaired) electrons. The Kier molecular flexibility index (Phi) is 2.88. The van der Waals surface area contributed by atoms with Crippen LogP contribution in [-0.4, -0.2) is 5.78 Å². The lowest BCUT2D eigenvalue weighted by molar-refractivity contribution is 0.0988. The van der Waals surface area contributed by atoms with Crippen LogP contribution < -0.4 is 0 Å². The Morgan fingerprint density at radius 1 is 1.42 bits per heavy atom. The van der Waals surface area contributed by atoms with Gasteiger partial charge in [-0.05, 0) is 30.7 Å². The normalized spacial score (nSPS) is 9.92. The monoisotopic (exact) mass is 182 g/mol. The van der Waals surface area contributed by atoms with Gasteiger partial charge in [-0.2, -0.15) is 0 Å². The van der Waals surface area contributed by atoms with Crippen LogP contribution in [0.4, 0.5) is 0 Å². The molecule has 0 unspecified atom stereocenters. The van der Waals surface area contributed by atoms with E-state index in [2.05, 4.69) is 0 Å². The molecule has 1 aromatic rings. The summed E-state index contributed by atoms with van der Waals surface area (Å²) in [6.07, 6.45) is 0.528. The Labute approximate surface area is 77.4 Å². The largest absolute Gasteiger partial charge is 0.294 e. The topological polar surface area (TPSA) is 17.1 Å². The van der Waals surface area contributed by atoms with Gasteiger partial charge in [-0.15, -0.1) is 0 Å². The van der Waals surface area contributed by atoms with Crippen LogP contribution in [0, 0.1) is 6.92 Å². The summed E-state index contributed by atoms with van der Waals surface area (Å²) in [5, 5.41) is 0.631. The van der Waals surface area contributed by atoms with E-state index in [9.17, 15) is 4.79 Å². The first-order valence-corrected chi connectivity index (χ1v) is 4.31. The molecule has 0 saturated carbocycles. The van der Waals surface area contributed by atoms with Crippen molar-refractivity contribution >= 4 is 17.4 Å². The molecule has 0 N–H and O–H groups in total. The minimum atomic E-state index is 0.139. The zero-order chi connectivity index (χ0) is 9.14. The van der Waals surface area contributed by atoms with Crippen LogP contribution in [0.3, 0.4) is 0 Å². The van der Waals surface area contributed by atoms with Gasteiger partial charge in [-0.25, -0.2) is 0 Å². The molecule has 64 valence electrons. The fourth-order valence-electron chi connectivity index (χ4n) is 1.10. The van der Waals surface area contributed by atoms with Gasteiger partial charge in [0.1, 0.15) is 0 Å². The molecule has 1 nitrogen and oxygen atoms in total. The fraction of sp³-hybridized carbons (Fsp3) is 0.300. The minimum absolute atomic E-state index is 0.139. The standard InChI is InChI=1S/C10H11ClO/c1-3-10(12)8-4-7(2)5-9(11)6-8/h4-6H,3H2,1-2H3. The summed E-state index contributed by atoms with van der Waals surface area (Å²) in [6.45, 7) is 3.77. The quantitative estimate of drug-likeness (QED) is 0.642. The van der Waals surface area contributed by atoms with E-state index in [0.29, 0.717) is 17.0 Å². The smallest absolute Gasteiger partial charge is 0.162 e. The van der Waals surface area contributed by atoms with Crippen molar-refractivity contribution in [2.75, 3.05) is 0 Å². The van der Waals surface area contributed by atoms with Gasteiger partial charge in [0.15, 0.2) is 5.78 Å². The average Bonchev–Trinajstić information content (AvgIpc) is 2.01. The van der Waals surface area contributed by atoms with Crippen molar-refractivity contribution in [2.24, 2.45) is 0 Å². The highest BCUT2D eigenvalue weighted by Crippen LogP contribution is 2.15. The van der Waals surface area contributed by atoms with Crippen LogP contribution in [0.25, 0.3) is 0 Å². The van der Waals surface area contributed by atoms with E-state index in [4.69, 9.17) is 11.6 Å². The van der Waals surface area contributed by atoms with Crippen molar-refractivity contribution in [3.63, 3.8) is 0 Å². The summed E-state index contributed by atoms with van der Waals surface area (Å²) in [6, 6.07) is 5.41. The Balaban J connectivity index is 3.08. The number of benzene rings is 1. The minimum Gasteiger partial charge on any atom is -0.294 e. The number of hydrogen-bond acceptors (Lipinski definition) is 1. The maximum absolute atomic E-state index is 11.3. The number of Topliss-reactive ketones (excluding diaryl/α,β-unsaturated/α-hetero) is 1. The molecule has 0 bridgehead atoms. The van der Waals surface area contributed by atoms with E-state index in [1.54, 1.807) is 6.07 Å². The second-order valence-corrected chi connectivity index (χ2v) is 3.23. The van der Waals surface area contributed by atoms with E-state index in [0.717, 1.165) is 5.56 Å². The second-order valence-electron chi connectivity index (χ2n) is 2.79. The van der Waals surface area contributed by atoms with Gasteiger partial charge in [0.2, 0.25) is 0 Å². The SMILES string of the molecule is CCC(=O)c1cc(C)cc(Cl)c1. The molecule has 0 spiro atoms. The third kappa shape index (κ3) is 2.08. The predicted molar refractivity (Wildman–Crippen MR) is 50.8 cm³/mol. The molecule has 0 atom stereocenters. The summed E-state index contributed by atoms with van der Waals surface area (Å²) < 4.78 is 0. The van der Waals surface area contributed by atoms with Crippen LogP contribution in [0.2, 0.25) is 5.02 Å². The van der Waals surface area contributed by atoms with Gasteiger partial charge in [0.05, 0.1) is 0 Å². The van der Waals surface area contributed by atoms with Gasteiger partial charge in [0.25, 0.3) is 0 Å². The molecule has 0 heterocycles. The van der Waals surface area contributed by atoms with Gasteiger partial charge < -0.3 is 0 Å². The van der Waals surface area contributed by atoms with Crippen molar-refractivity contribution in [2.45, 2.75) is 20.3 Å². The third-order valence-electron chi connectivity index (χ3n) is 1.69. The van der Waals surface area contributed by atoms with Crippen molar-refractivity contribution in [3.05, 3.63) is 34.3 Å². The van der Waals surface area contributed by atoms with Crippen LogP contribution in [0.15, 0.2) is 18.2 Å². The van der Waals surface area contributed by atoms with Crippen molar-refractivity contribution < 1.29 is 4.79 Å². The average molecular weight is 183 g/mol. The molecule has 1 rings (SSSR count).